The Morgan fingerprint density at radius 3 is 1.64 bits per heavy atom. The van der Waals surface area contributed by atoms with Crippen LogP contribution in [0.1, 0.15) is 45.3 Å². The summed E-state index contributed by atoms with van der Waals surface area (Å²) in [6.07, 6.45) is 0. The summed E-state index contributed by atoms with van der Waals surface area (Å²) in [6, 6.07) is -26.4. The van der Waals surface area contributed by atoms with Crippen molar-refractivity contribution >= 4 is 54.3 Å². The van der Waals surface area contributed by atoms with Crippen molar-refractivity contribution in [3.05, 3.63) is 181 Å². The highest BCUT2D eigenvalue weighted by Gasteiger charge is 2.18. The number of furan rings is 1. The van der Waals surface area contributed by atoms with Crippen LogP contribution in [0.4, 0.5) is 0 Å². The maximum absolute atomic E-state index is 9.72. The Balaban J connectivity index is 1.43. The molecule has 9 aromatic carbocycles. The quantitative estimate of drug-likeness (QED) is 0.171. The molecule has 1 nitrogen and oxygen atoms in total. The predicted octanol–water partition coefficient (Wildman–Crippen LogP) is 14.0. The molecule has 1 heterocycles. The first-order valence-electron chi connectivity index (χ1n) is 29.4. The van der Waals surface area contributed by atoms with Crippen LogP contribution in [-0.2, 0) is 0 Å². The van der Waals surface area contributed by atoms with E-state index in [4.69, 9.17) is 27.7 Å². The Labute approximate surface area is 331 Å². The van der Waals surface area contributed by atoms with Gasteiger partial charge in [0.05, 0.1) is 39.8 Å². The monoisotopic (exact) mass is 665 g/mol. The molecular formula is C49H32O. The molecule has 0 saturated heterocycles. The standard InChI is InChI=1S/C49H32O/c1-31-12-2-5-17-38(31)36-15-10-16-37(28-36)48-42-20-8-6-18-40(42)47(41-19-7-9-21-43(41)48)33-26-24-32(25-27-33)39-22-11-23-45-49(39)44-29-34-13-3-4-14-35(34)30-46(44)50-45/h2-30H,1H3/i2D,3D,4D,5D,6D,7D,8D,9D,10D,11D,12D,13D,14D,15D,16D,17D,18D,19D,20D,21D,22D,23D,24D,25D,26D,27D,28D,29D,30D. The fourth-order valence-electron chi connectivity index (χ4n) is 6.01. The van der Waals surface area contributed by atoms with Crippen LogP contribution in [0.15, 0.2) is 180 Å². The van der Waals surface area contributed by atoms with Gasteiger partial charge < -0.3 is 4.42 Å². The number of benzene rings is 9. The van der Waals surface area contributed by atoms with E-state index in [9.17, 15) is 16.4 Å². The van der Waals surface area contributed by atoms with E-state index in [1.807, 2.05) is 0 Å². The molecule has 10 rings (SSSR count). The van der Waals surface area contributed by atoms with E-state index in [2.05, 4.69) is 0 Å². The maximum Gasteiger partial charge on any atom is 0.136 e. The van der Waals surface area contributed by atoms with Crippen molar-refractivity contribution in [1.82, 2.24) is 0 Å². The molecule has 0 bridgehead atoms. The second kappa shape index (κ2) is 11.3. The first kappa shape index (κ1) is 11.9. The van der Waals surface area contributed by atoms with Gasteiger partial charge in [-0.2, -0.15) is 0 Å². The van der Waals surface area contributed by atoms with Gasteiger partial charge in [0.2, 0.25) is 0 Å². The summed E-state index contributed by atoms with van der Waals surface area (Å²) < 4.78 is 268. The van der Waals surface area contributed by atoms with Gasteiger partial charge in [-0.05, 0) is 113 Å². The highest BCUT2D eigenvalue weighted by molar-refractivity contribution is 6.22. The van der Waals surface area contributed by atoms with Gasteiger partial charge in [-0.15, -0.1) is 0 Å². The maximum atomic E-state index is 9.72. The minimum Gasteiger partial charge on any atom is -0.456 e. The summed E-state index contributed by atoms with van der Waals surface area (Å²) in [5, 5.41) is -5.02. The minimum absolute atomic E-state index is 0.212. The Morgan fingerprint density at radius 1 is 0.380 bits per heavy atom. The zero-order valence-electron chi connectivity index (χ0n) is 54.4. The lowest BCUT2D eigenvalue weighted by atomic mass is 9.85. The van der Waals surface area contributed by atoms with Crippen LogP contribution < -0.4 is 0 Å². The molecule has 0 N–H and O–H groups in total. The van der Waals surface area contributed by atoms with Crippen LogP contribution in [0.5, 0.6) is 0 Å². The molecule has 0 radical (unpaired) electrons. The van der Waals surface area contributed by atoms with Gasteiger partial charge >= 0.3 is 0 Å². The molecule has 0 spiro atoms. The third-order valence-corrected chi connectivity index (χ3v) is 8.20. The predicted molar refractivity (Wildman–Crippen MR) is 213 cm³/mol. The lowest BCUT2D eigenvalue weighted by molar-refractivity contribution is 0.669. The van der Waals surface area contributed by atoms with Crippen molar-refractivity contribution in [1.29, 1.82) is 0 Å². The van der Waals surface area contributed by atoms with Gasteiger partial charge in [0.1, 0.15) is 11.2 Å². The second-order valence-corrected chi connectivity index (χ2v) is 11.0. The van der Waals surface area contributed by atoms with Crippen molar-refractivity contribution in [2.24, 2.45) is 0 Å². The van der Waals surface area contributed by atoms with Crippen molar-refractivity contribution in [2.75, 3.05) is 0 Å². The van der Waals surface area contributed by atoms with Gasteiger partial charge in [0.15, 0.2) is 0 Å². The zero-order chi connectivity index (χ0) is 58.4. The topological polar surface area (TPSA) is 13.1 Å². The molecule has 0 unspecified atom stereocenters. The molecule has 1 heteroatoms. The molecular weight excluding hydrogens is 605 g/mol. The van der Waals surface area contributed by atoms with Gasteiger partial charge in [-0.25, -0.2) is 0 Å². The third kappa shape index (κ3) is 4.48. The Morgan fingerprint density at radius 2 is 0.920 bits per heavy atom. The fraction of sp³-hybridized carbons (Fsp3) is 0.0204. The van der Waals surface area contributed by atoms with Crippen LogP contribution in [0, 0.1) is 6.92 Å². The number of hydrogen-bond acceptors (Lipinski definition) is 1. The first-order valence-corrected chi connectivity index (χ1v) is 14.9. The van der Waals surface area contributed by atoms with Crippen molar-refractivity contribution in [3.8, 4) is 44.5 Å². The van der Waals surface area contributed by atoms with Crippen molar-refractivity contribution < 1.29 is 44.2 Å². The first-order chi connectivity index (χ1) is 36.8. The average molecular weight is 666 g/mol. The minimum atomic E-state index is -1.12. The molecule has 0 amide bonds. The van der Waals surface area contributed by atoms with Crippen LogP contribution in [0.3, 0.4) is 0 Å². The fourth-order valence-corrected chi connectivity index (χ4v) is 6.01. The molecule has 0 saturated carbocycles. The van der Waals surface area contributed by atoms with Crippen LogP contribution in [0.2, 0.25) is 0 Å². The summed E-state index contributed by atoms with van der Waals surface area (Å²) in [7, 11) is 0. The van der Waals surface area contributed by atoms with E-state index in [0.717, 1.165) is 0 Å². The van der Waals surface area contributed by atoms with Gasteiger partial charge in [0, 0.05) is 10.8 Å². The second-order valence-electron chi connectivity index (χ2n) is 11.0. The lowest BCUT2D eigenvalue weighted by Crippen LogP contribution is -1.91. The number of rotatable bonds is 4. The Hall–Kier alpha value is -6.44. The Kier molecular flexibility index (Phi) is 2.69. The van der Waals surface area contributed by atoms with E-state index >= 15 is 0 Å². The molecule has 0 aliphatic rings. The molecule has 0 atom stereocenters. The molecule has 0 fully saturated rings. The van der Waals surface area contributed by atoms with Crippen molar-refractivity contribution in [3.63, 3.8) is 0 Å². The smallest absolute Gasteiger partial charge is 0.136 e. The van der Waals surface area contributed by atoms with E-state index in [1.54, 1.807) is 0 Å². The van der Waals surface area contributed by atoms with E-state index in [1.165, 1.54) is 6.92 Å². The molecule has 234 valence electrons. The molecule has 0 aliphatic carbocycles. The van der Waals surface area contributed by atoms with E-state index in [-0.39, 0.29) is 5.56 Å². The van der Waals surface area contributed by atoms with Gasteiger partial charge in [-0.3, -0.25) is 0 Å². The average Bonchev–Trinajstić information content (AvgIpc) is 3.84. The molecule has 10 aromatic rings. The van der Waals surface area contributed by atoms with E-state index < -0.39 is 274 Å². The highest BCUT2D eigenvalue weighted by atomic mass is 16.3. The van der Waals surface area contributed by atoms with Crippen LogP contribution >= 0.6 is 0 Å². The van der Waals surface area contributed by atoms with Gasteiger partial charge in [0.25, 0.3) is 0 Å². The normalized spacial score (nSPS) is 19.8. The molecule has 50 heavy (non-hydrogen) atoms. The largest absolute Gasteiger partial charge is 0.456 e. The SMILES string of the molecule is [2H]c1c([2H])c([2H])c(-c2c([2H])c([2H])c([2H])c(-c3c4c([2H])c([2H])c([2H])c([2H])c4c(-c4c([2H])c([2H])c(-c5c([2H])c([2H])c([2H])c6oc7c([2H])c8c([2H])c([2H])c([2H])c([2H])c8c([2H])c7c56)c([2H])c4[2H])c4c([2H])c([2H])c([2H])c([2H])c34)c2[2H])c(C)c1[2H]. The van der Waals surface area contributed by atoms with Crippen molar-refractivity contribution in [2.45, 2.75) is 6.92 Å². The third-order valence-electron chi connectivity index (χ3n) is 8.20. The summed E-state index contributed by atoms with van der Waals surface area (Å²) in [5.74, 6) is 0. The van der Waals surface area contributed by atoms with Crippen LogP contribution in [-0.4, -0.2) is 0 Å². The molecule has 0 aliphatic heterocycles. The molecule has 1 aromatic heterocycles. The van der Waals surface area contributed by atoms with Gasteiger partial charge in [-0.1, -0.05) is 151 Å². The number of hydrogen-bond donors (Lipinski definition) is 0. The zero-order valence-corrected chi connectivity index (χ0v) is 25.4. The van der Waals surface area contributed by atoms with E-state index in [0.29, 0.717) is 0 Å². The Bertz CT molecular complexity index is 4460. The highest BCUT2D eigenvalue weighted by Crippen LogP contribution is 2.45. The lowest BCUT2D eigenvalue weighted by Gasteiger charge is -2.18. The number of fused-ring (bicyclic) bond motifs is 6. The van der Waals surface area contributed by atoms with Crippen LogP contribution in [0.25, 0.3) is 98.8 Å². The summed E-state index contributed by atoms with van der Waals surface area (Å²) in [4.78, 5) is 0. The summed E-state index contributed by atoms with van der Waals surface area (Å²) >= 11 is 0. The summed E-state index contributed by atoms with van der Waals surface area (Å²) in [6.45, 7) is 1.24. The summed E-state index contributed by atoms with van der Waals surface area (Å²) in [5.41, 5.74) is -7.29.